The maximum absolute atomic E-state index is 12.0. The normalized spacial score (nSPS) is 18.0. The molecule has 1 unspecified atom stereocenters. The molecule has 0 saturated carbocycles. The van der Waals surface area contributed by atoms with Crippen LogP contribution in [-0.4, -0.2) is 36.5 Å². The first-order chi connectivity index (χ1) is 9.16. The number of piperidine rings is 1. The summed E-state index contributed by atoms with van der Waals surface area (Å²) in [7, 11) is 0. The molecule has 1 aromatic rings. The number of nitrogens with one attached hydrogen (secondary N) is 1. The number of likely N-dealkylation sites (tertiary alicyclic amines) is 1. The van der Waals surface area contributed by atoms with Crippen LogP contribution in [0.2, 0.25) is 0 Å². The quantitative estimate of drug-likeness (QED) is 0.830. The van der Waals surface area contributed by atoms with Crippen LogP contribution in [0.4, 0.5) is 0 Å². The molecule has 1 fully saturated rings. The predicted octanol–water partition coefficient (Wildman–Crippen LogP) is 2.58. The first kappa shape index (κ1) is 14.4. The second kappa shape index (κ2) is 6.96. The summed E-state index contributed by atoms with van der Waals surface area (Å²) in [6.07, 6.45) is 3.90. The van der Waals surface area contributed by atoms with E-state index >= 15 is 0 Å². The van der Waals surface area contributed by atoms with Crippen molar-refractivity contribution in [3.63, 3.8) is 0 Å². The smallest absolute Gasteiger partial charge is 0.251 e. The number of nitrogens with zero attached hydrogens (tertiary/aromatic N) is 1. The number of thiol groups is 1. The highest BCUT2D eigenvalue weighted by molar-refractivity contribution is 7.80. The monoisotopic (exact) mass is 278 g/mol. The van der Waals surface area contributed by atoms with Crippen molar-refractivity contribution in [1.29, 1.82) is 0 Å². The molecule has 1 aromatic carbocycles. The Labute approximate surface area is 120 Å². The molecule has 1 amide bonds. The van der Waals surface area contributed by atoms with E-state index in [4.69, 9.17) is 0 Å². The number of benzene rings is 1. The number of carbonyl (C=O) groups excluding carboxylic acids is 1. The Bertz CT molecular complexity index is 413. The third kappa shape index (κ3) is 4.25. The highest BCUT2D eigenvalue weighted by Gasteiger charge is 2.17. The Hall–Kier alpha value is -1.00. The summed E-state index contributed by atoms with van der Waals surface area (Å²) in [6.45, 7) is 5.21. The molecule has 1 saturated heterocycles. The van der Waals surface area contributed by atoms with Crippen molar-refractivity contribution in [1.82, 2.24) is 10.2 Å². The molecule has 1 heterocycles. The van der Waals surface area contributed by atoms with Crippen molar-refractivity contribution >= 4 is 18.5 Å². The zero-order valence-electron chi connectivity index (χ0n) is 11.4. The van der Waals surface area contributed by atoms with Gasteiger partial charge in [0.2, 0.25) is 0 Å². The highest BCUT2D eigenvalue weighted by Crippen LogP contribution is 2.12. The Morgan fingerprint density at radius 2 is 1.89 bits per heavy atom. The first-order valence-electron chi connectivity index (χ1n) is 6.98. The number of amides is 1. The van der Waals surface area contributed by atoms with Crippen molar-refractivity contribution in [3.05, 3.63) is 29.8 Å². The Morgan fingerprint density at radius 1 is 1.26 bits per heavy atom. The Balaban J connectivity index is 1.81. The number of hydrogen-bond acceptors (Lipinski definition) is 3. The van der Waals surface area contributed by atoms with E-state index in [1.165, 1.54) is 19.3 Å². The van der Waals surface area contributed by atoms with Crippen LogP contribution in [0.15, 0.2) is 29.2 Å². The SMILES string of the molecule is CC(CNC(=O)c1ccc(S)cc1)N1CCCCC1. The van der Waals surface area contributed by atoms with Gasteiger partial charge in [-0.2, -0.15) is 0 Å². The van der Waals surface area contributed by atoms with Gasteiger partial charge in [-0.05, 0) is 57.1 Å². The third-order valence-electron chi connectivity index (χ3n) is 3.70. The molecule has 0 spiro atoms. The topological polar surface area (TPSA) is 32.3 Å². The van der Waals surface area contributed by atoms with Gasteiger partial charge >= 0.3 is 0 Å². The van der Waals surface area contributed by atoms with Gasteiger partial charge in [0.25, 0.3) is 5.91 Å². The van der Waals surface area contributed by atoms with Gasteiger partial charge in [-0.25, -0.2) is 0 Å². The van der Waals surface area contributed by atoms with E-state index < -0.39 is 0 Å². The van der Waals surface area contributed by atoms with Gasteiger partial charge in [0, 0.05) is 23.0 Å². The second-order valence-electron chi connectivity index (χ2n) is 5.20. The van der Waals surface area contributed by atoms with Gasteiger partial charge in [0.05, 0.1) is 0 Å². The average molecular weight is 278 g/mol. The zero-order chi connectivity index (χ0) is 13.7. The molecule has 1 atom stereocenters. The lowest BCUT2D eigenvalue weighted by molar-refractivity contribution is 0.0930. The summed E-state index contributed by atoms with van der Waals surface area (Å²) in [4.78, 5) is 15.3. The van der Waals surface area contributed by atoms with Crippen molar-refractivity contribution in [2.45, 2.75) is 37.1 Å². The summed E-state index contributed by atoms with van der Waals surface area (Å²) in [5.74, 6) is -0.00260. The summed E-state index contributed by atoms with van der Waals surface area (Å²) >= 11 is 4.22. The second-order valence-corrected chi connectivity index (χ2v) is 5.72. The molecule has 1 aliphatic rings. The minimum atomic E-state index is -0.00260. The van der Waals surface area contributed by atoms with Gasteiger partial charge < -0.3 is 5.32 Å². The van der Waals surface area contributed by atoms with Crippen LogP contribution >= 0.6 is 12.6 Å². The van der Waals surface area contributed by atoms with Crippen LogP contribution < -0.4 is 5.32 Å². The van der Waals surface area contributed by atoms with Crippen LogP contribution in [-0.2, 0) is 0 Å². The molecule has 2 rings (SSSR count). The standard InChI is InChI=1S/C15H22N2OS/c1-12(17-9-3-2-4-10-17)11-16-15(18)13-5-7-14(19)8-6-13/h5-8,12,19H,2-4,9-11H2,1H3,(H,16,18). The molecular formula is C15H22N2OS. The van der Waals surface area contributed by atoms with E-state index in [0.29, 0.717) is 18.2 Å². The van der Waals surface area contributed by atoms with Crippen molar-refractivity contribution in [2.75, 3.05) is 19.6 Å². The number of carbonyl (C=O) groups is 1. The van der Waals surface area contributed by atoms with E-state index in [9.17, 15) is 4.79 Å². The van der Waals surface area contributed by atoms with Crippen molar-refractivity contribution in [3.8, 4) is 0 Å². The molecule has 0 aliphatic carbocycles. The highest BCUT2D eigenvalue weighted by atomic mass is 32.1. The first-order valence-corrected chi connectivity index (χ1v) is 7.43. The maximum atomic E-state index is 12.0. The summed E-state index contributed by atoms with van der Waals surface area (Å²) in [5, 5.41) is 3.01. The summed E-state index contributed by atoms with van der Waals surface area (Å²) in [5.41, 5.74) is 0.698. The molecule has 1 N–H and O–H groups in total. The molecular weight excluding hydrogens is 256 g/mol. The molecule has 104 valence electrons. The lowest BCUT2D eigenvalue weighted by atomic mass is 10.1. The maximum Gasteiger partial charge on any atom is 0.251 e. The van der Waals surface area contributed by atoms with Gasteiger partial charge in [0.15, 0.2) is 0 Å². The summed E-state index contributed by atoms with van der Waals surface area (Å²) < 4.78 is 0. The van der Waals surface area contributed by atoms with E-state index in [1.54, 1.807) is 0 Å². The lowest BCUT2D eigenvalue weighted by Crippen LogP contribution is -2.44. The van der Waals surface area contributed by atoms with Gasteiger partial charge in [0.1, 0.15) is 0 Å². The minimum absolute atomic E-state index is 0.00260. The van der Waals surface area contributed by atoms with Crippen LogP contribution in [0.5, 0.6) is 0 Å². The van der Waals surface area contributed by atoms with E-state index in [1.807, 2.05) is 24.3 Å². The van der Waals surface area contributed by atoms with Crippen molar-refractivity contribution in [2.24, 2.45) is 0 Å². The average Bonchev–Trinajstić information content (AvgIpc) is 2.46. The van der Waals surface area contributed by atoms with Gasteiger partial charge in [-0.15, -0.1) is 12.6 Å². The van der Waals surface area contributed by atoms with E-state index in [2.05, 4.69) is 29.8 Å². The predicted molar refractivity (Wildman–Crippen MR) is 80.9 cm³/mol. The van der Waals surface area contributed by atoms with E-state index in [0.717, 1.165) is 18.0 Å². The van der Waals surface area contributed by atoms with Crippen LogP contribution in [0.1, 0.15) is 36.5 Å². The molecule has 0 bridgehead atoms. The van der Waals surface area contributed by atoms with Crippen LogP contribution in [0, 0.1) is 0 Å². The fourth-order valence-corrected chi connectivity index (χ4v) is 2.59. The number of hydrogen-bond donors (Lipinski definition) is 2. The van der Waals surface area contributed by atoms with Gasteiger partial charge in [-0.3, -0.25) is 9.69 Å². The molecule has 0 radical (unpaired) electrons. The van der Waals surface area contributed by atoms with Gasteiger partial charge in [-0.1, -0.05) is 6.42 Å². The fraction of sp³-hybridized carbons (Fsp3) is 0.533. The zero-order valence-corrected chi connectivity index (χ0v) is 12.3. The summed E-state index contributed by atoms with van der Waals surface area (Å²) in [6, 6.07) is 7.71. The molecule has 19 heavy (non-hydrogen) atoms. The minimum Gasteiger partial charge on any atom is -0.350 e. The number of rotatable bonds is 4. The third-order valence-corrected chi connectivity index (χ3v) is 4.00. The Kier molecular flexibility index (Phi) is 5.28. The molecule has 4 heteroatoms. The van der Waals surface area contributed by atoms with Crippen molar-refractivity contribution < 1.29 is 4.79 Å². The largest absolute Gasteiger partial charge is 0.350 e. The molecule has 3 nitrogen and oxygen atoms in total. The van der Waals surface area contributed by atoms with Crippen LogP contribution in [0.25, 0.3) is 0 Å². The Morgan fingerprint density at radius 3 is 2.53 bits per heavy atom. The fourth-order valence-electron chi connectivity index (χ4n) is 2.44. The molecule has 1 aliphatic heterocycles. The molecule has 0 aromatic heterocycles. The van der Waals surface area contributed by atoms with Crippen LogP contribution in [0.3, 0.4) is 0 Å². The lowest BCUT2D eigenvalue weighted by Gasteiger charge is -2.32. The van der Waals surface area contributed by atoms with E-state index in [-0.39, 0.29) is 5.91 Å².